The van der Waals surface area contributed by atoms with Crippen LogP contribution in [0.1, 0.15) is 22.8 Å². The zero-order valence-electron chi connectivity index (χ0n) is 13.5. The van der Waals surface area contributed by atoms with E-state index in [9.17, 15) is 26.4 Å². The molecular weight excluding hydrogens is 361 g/mol. The van der Waals surface area contributed by atoms with Gasteiger partial charge in [-0.15, -0.1) is 0 Å². The van der Waals surface area contributed by atoms with Gasteiger partial charge >= 0.3 is 6.18 Å². The highest BCUT2D eigenvalue weighted by molar-refractivity contribution is 7.89. The van der Waals surface area contributed by atoms with Crippen LogP contribution >= 0.6 is 0 Å². The summed E-state index contributed by atoms with van der Waals surface area (Å²) in [6.07, 6.45) is -4.47. The molecule has 2 rings (SSSR count). The molecule has 1 aromatic carbocycles. The fourth-order valence-electron chi connectivity index (χ4n) is 2.45. The second-order valence-corrected chi connectivity index (χ2v) is 7.72. The van der Waals surface area contributed by atoms with Crippen molar-refractivity contribution in [2.24, 2.45) is 0 Å². The summed E-state index contributed by atoms with van der Waals surface area (Å²) in [7, 11) is -3.55. The van der Waals surface area contributed by atoms with Gasteiger partial charge in [0.15, 0.2) is 0 Å². The van der Waals surface area contributed by atoms with Crippen molar-refractivity contribution in [2.75, 3.05) is 32.1 Å². The van der Waals surface area contributed by atoms with Crippen molar-refractivity contribution in [2.45, 2.75) is 19.1 Å². The molecule has 1 aromatic rings. The highest BCUT2D eigenvalue weighted by Gasteiger charge is 2.31. The Kier molecular flexibility index (Phi) is 6.07. The molecule has 10 heteroatoms. The summed E-state index contributed by atoms with van der Waals surface area (Å²) in [5.41, 5.74) is -0.821. The lowest BCUT2D eigenvalue weighted by molar-refractivity contribution is -0.137. The van der Waals surface area contributed by atoms with Gasteiger partial charge in [-0.1, -0.05) is 0 Å². The maximum Gasteiger partial charge on any atom is 0.416 e. The number of amides is 1. The minimum atomic E-state index is -4.47. The van der Waals surface area contributed by atoms with E-state index in [1.807, 2.05) is 0 Å². The Labute approximate surface area is 144 Å². The second kappa shape index (κ2) is 7.71. The average molecular weight is 380 g/mol. The summed E-state index contributed by atoms with van der Waals surface area (Å²) in [6.45, 7) is 2.50. The third-order valence-electron chi connectivity index (χ3n) is 3.78. The van der Waals surface area contributed by atoms with Crippen molar-refractivity contribution in [3.63, 3.8) is 0 Å². The van der Waals surface area contributed by atoms with Gasteiger partial charge in [-0.25, -0.2) is 8.42 Å². The SMILES string of the molecule is CC1COCCN1S(=O)(=O)CCNC(=O)c1ccc(C(F)(F)F)cc1. The number of ether oxygens (including phenoxy) is 1. The summed E-state index contributed by atoms with van der Waals surface area (Å²) in [6, 6.07) is 3.44. The normalized spacial score (nSPS) is 19.6. The third kappa shape index (κ3) is 5.16. The molecule has 6 nitrogen and oxygen atoms in total. The van der Waals surface area contributed by atoms with Crippen LogP contribution in [0.25, 0.3) is 0 Å². The minimum absolute atomic E-state index is 0.0325. The van der Waals surface area contributed by atoms with Crippen LogP contribution in [-0.2, 0) is 20.9 Å². The topological polar surface area (TPSA) is 75.7 Å². The Morgan fingerprint density at radius 2 is 1.96 bits per heavy atom. The smallest absolute Gasteiger partial charge is 0.378 e. The van der Waals surface area contributed by atoms with E-state index in [2.05, 4.69) is 5.32 Å². The average Bonchev–Trinajstić information content (AvgIpc) is 2.54. The number of hydrogen-bond donors (Lipinski definition) is 1. The molecule has 0 aliphatic carbocycles. The van der Waals surface area contributed by atoms with Crippen LogP contribution in [0.4, 0.5) is 13.2 Å². The summed E-state index contributed by atoms with van der Waals surface area (Å²) >= 11 is 0. The monoisotopic (exact) mass is 380 g/mol. The molecular formula is C15H19F3N2O4S. The summed E-state index contributed by atoms with van der Waals surface area (Å²) in [5.74, 6) is -0.914. The first-order valence-corrected chi connectivity index (χ1v) is 9.25. The molecule has 0 spiro atoms. The van der Waals surface area contributed by atoms with Gasteiger partial charge in [-0.2, -0.15) is 17.5 Å². The van der Waals surface area contributed by atoms with Gasteiger partial charge in [-0.05, 0) is 31.2 Å². The van der Waals surface area contributed by atoms with Crippen LogP contribution < -0.4 is 5.32 Å². The first kappa shape index (κ1) is 19.7. The van der Waals surface area contributed by atoms with E-state index in [1.165, 1.54) is 4.31 Å². The number of carbonyl (C=O) groups is 1. The first-order valence-electron chi connectivity index (χ1n) is 7.64. The van der Waals surface area contributed by atoms with Gasteiger partial charge < -0.3 is 10.1 Å². The molecule has 1 unspecified atom stereocenters. The van der Waals surface area contributed by atoms with Crippen LogP contribution in [0, 0.1) is 0 Å². The van der Waals surface area contributed by atoms with E-state index in [-0.39, 0.29) is 30.4 Å². The fraction of sp³-hybridized carbons (Fsp3) is 0.533. The number of hydrogen-bond acceptors (Lipinski definition) is 4. The highest BCUT2D eigenvalue weighted by Crippen LogP contribution is 2.29. The van der Waals surface area contributed by atoms with E-state index in [0.29, 0.717) is 13.2 Å². The quantitative estimate of drug-likeness (QED) is 0.840. The molecule has 1 aliphatic heterocycles. The number of alkyl halides is 3. The molecule has 1 fully saturated rings. The van der Waals surface area contributed by atoms with E-state index in [0.717, 1.165) is 24.3 Å². The van der Waals surface area contributed by atoms with Crippen molar-refractivity contribution in [1.29, 1.82) is 0 Å². The maximum absolute atomic E-state index is 12.5. The highest BCUT2D eigenvalue weighted by atomic mass is 32.2. The van der Waals surface area contributed by atoms with Crippen molar-refractivity contribution in [3.05, 3.63) is 35.4 Å². The number of nitrogens with zero attached hydrogens (tertiary/aromatic N) is 1. The minimum Gasteiger partial charge on any atom is -0.378 e. The van der Waals surface area contributed by atoms with Crippen LogP contribution in [0.2, 0.25) is 0 Å². The van der Waals surface area contributed by atoms with Crippen LogP contribution in [0.3, 0.4) is 0 Å². The van der Waals surface area contributed by atoms with Gasteiger partial charge in [0.25, 0.3) is 5.91 Å². The molecule has 140 valence electrons. The maximum atomic E-state index is 12.5. The molecule has 1 atom stereocenters. The standard InChI is InChI=1S/C15H19F3N2O4S/c1-11-10-24-8-7-20(11)25(22,23)9-6-19-14(21)12-2-4-13(5-3-12)15(16,17)18/h2-5,11H,6-10H2,1H3,(H,19,21). The van der Waals surface area contributed by atoms with Crippen LogP contribution in [-0.4, -0.2) is 56.7 Å². The lowest BCUT2D eigenvalue weighted by Gasteiger charge is -2.32. The van der Waals surface area contributed by atoms with Gasteiger partial charge in [-0.3, -0.25) is 4.79 Å². The van der Waals surface area contributed by atoms with Gasteiger partial charge in [0, 0.05) is 24.7 Å². The van der Waals surface area contributed by atoms with E-state index in [4.69, 9.17) is 4.74 Å². The van der Waals surface area contributed by atoms with Crippen LogP contribution in [0.15, 0.2) is 24.3 Å². The number of halogens is 3. The number of benzene rings is 1. The van der Waals surface area contributed by atoms with E-state index >= 15 is 0 Å². The summed E-state index contributed by atoms with van der Waals surface area (Å²) in [5, 5.41) is 2.41. The van der Waals surface area contributed by atoms with Crippen LogP contribution in [0.5, 0.6) is 0 Å². The molecule has 1 amide bonds. The Morgan fingerprint density at radius 3 is 2.52 bits per heavy atom. The zero-order chi connectivity index (χ0) is 18.7. The Morgan fingerprint density at radius 1 is 1.32 bits per heavy atom. The molecule has 1 aliphatic rings. The molecule has 0 bridgehead atoms. The van der Waals surface area contributed by atoms with Crippen molar-refractivity contribution in [3.8, 4) is 0 Å². The molecule has 0 saturated carbocycles. The largest absolute Gasteiger partial charge is 0.416 e. The van der Waals surface area contributed by atoms with Crippen molar-refractivity contribution >= 4 is 15.9 Å². The molecule has 1 saturated heterocycles. The summed E-state index contributed by atoms with van der Waals surface area (Å²) in [4.78, 5) is 11.9. The lowest BCUT2D eigenvalue weighted by Crippen LogP contribution is -2.49. The Hall–Kier alpha value is -1.65. The molecule has 0 aromatic heterocycles. The second-order valence-electron chi connectivity index (χ2n) is 5.68. The first-order chi connectivity index (χ1) is 11.6. The number of nitrogens with one attached hydrogen (secondary N) is 1. The van der Waals surface area contributed by atoms with Crippen molar-refractivity contribution in [1.82, 2.24) is 9.62 Å². The predicted molar refractivity (Wildman–Crippen MR) is 84.6 cm³/mol. The van der Waals surface area contributed by atoms with Crippen molar-refractivity contribution < 1.29 is 31.1 Å². The number of morpholine rings is 1. The lowest BCUT2D eigenvalue weighted by atomic mass is 10.1. The molecule has 1 N–H and O–H groups in total. The number of carbonyl (C=O) groups excluding carboxylic acids is 1. The Bertz CT molecular complexity index is 704. The molecule has 25 heavy (non-hydrogen) atoms. The van der Waals surface area contributed by atoms with Gasteiger partial charge in [0.1, 0.15) is 0 Å². The van der Waals surface area contributed by atoms with Gasteiger partial charge in [0.05, 0.1) is 24.5 Å². The predicted octanol–water partition coefficient (Wildman–Crippen LogP) is 1.49. The number of sulfonamides is 1. The van der Waals surface area contributed by atoms with E-state index < -0.39 is 27.7 Å². The zero-order valence-corrected chi connectivity index (χ0v) is 14.4. The van der Waals surface area contributed by atoms with E-state index in [1.54, 1.807) is 6.92 Å². The summed E-state index contributed by atoms with van der Waals surface area (Å²) < 4.78 is 68.5. The molecule has 0 radical (unpaired) electrons. The third-order valence-corrected chi connectivity index (χ3v) is 5.76. The molecule has 1 heterocycles. The Balaban J connectivity index is 1.89. The van der Waals surface area contributed by atoms with Gasteiger partial charge in [0.2, 0.25) is 10.0 Å². The fourth-order valence-corrected chi connectivity index (χ4v) is 4.01. The number of rotatable bonds is 5.